The second-order valence-corrected chi connectivity index (χ2v) is 2.66. The second-order valence-electron chi connectivity index (χ2n) is 2.66. The maximum atomic E-state index is 9.35. The largest absolute Gasteiger partial charge is 0.494 e. The molecule has 0 aromatic carbocycles. The lowest BCUT2D eigenvalue weighted by Gasteiger charge is -2.03. The third-order valence-corrected chi connectivity index (χ3v) is 1.68. The average Bonchev–Trinajstić information content (AvgIpc) is 2.17. The predicted molar refractivity (Wildman–Crippen MR) is 42.8 cm³/mol. The summed E-state index contributed by atoms with van der Waals surface area (Å²) < 4.78 is 1.50. The molecule has 0 fully saturated rings. The van der Waals surface area contributed by atoms with Crippen LogP contribution in [0.25, 0.3) is 0 Å². The fourth-order valence-electron chi connectivity index (χ4n) is 1.10. The lowest BCUT2D eigenvalue weighted by molar-refractivity contribution is 0.365. The highest BCUT2D eigenvalue weighted by Crippen LogP contribution is 2.26. The highest BCUT2D eigenvalue weighted by atomic mass is 16.3. The van der Waals surface area contributed by atoms with E-state index in [4.69, 9.17) is 0 Å². The standard InChI is InChI=1S/C8H13NO2/c1-3-4-9-7(10)5-6(2)8(9)11/h5,10-11H,3-4H2,1-2H3. The van der Waals surface area contributed by atoms with Crippen molar-refractivity contribution in [1.29, 1.82) is 0 Å². The zero-order valence-electron chi connectivity index (χ0n) is 6.83. The van der Waals surface area contributed by atoms with Crippen LogP contribution in [-0.4, -0.2) is 14.8 Å². The first-order valence-electron chi connectivity index (χ1n) is 3.75. The van der Waals surface area contributed by atoms with Gasteiger partial charge in [0.2, 0.25) is 0 Å². The predicted octanol–water partition coefficient (Wildman–Crippen LogP) is 1.62. The first-order chi connectivity index (χ1) is 5.16. The molecular weight excluding hydrogens is 142 g/mol. The Balaban J connectivity index is 3.02. The molecule has 0 saturated heterocycles. The Bertz CT molecular complexity index is 253. The zero-order chi connectivity index (χ0) is 8.43. The van der Waals surface area contributed by atoms with Gasteiger partial charge in [-0.3, -0.25) is 4.57 Å². The molecule has 0 radical (unpaired) electrons. The Kier molecular flexibility index (Phi) is 2.08. The van der Waals surface area contributed by atoms with Crippen molar-refractivity contribution in [2.24, 2.45) is 0 Å². The van der Waals surface area contributed by atoms with Crippen LogP contribution in [0.15, 0.2) is 6.07 Å². The maximum absolute atomic E-state index is 9.35. The molecule has 0 atom stereocenters. The van der Waals surface area contributed by atoms with Gasteiger partial charge in [0, 0.05) is 18.2 Å². The van der Waals surface area contributed by atoms with E-state index < -0.39 is 0 Å². The quantitative estimate of drug-likeness (QED) is 0.681. The molecule has 0 aliphatic rings. The molecule has 0 unspecified atom stereocenters. The van der Waals surface area contributed by atoms with Crippen LogP contribution in [0.3, 0.4) is 0 Å². The van der Waals surface area contributed by atoms with Gasteiger partial charge < -0.3 is 10.2 Å². The first-order valence-corrected chi connectivity index (χ1v) is 3.75. The summed E-state index contributed by atoms with van der Waals surface area (Å²) in [6, 6.07) is 1.56. The van der Waals surface area contributed by atoms with Crippen LogP contribution in [0.1, 0.15) is 18.9 Å². The van der Waals surface area contributed by atoms with Crippen LogP contribution in [-0.2, 0) is 6.54 Å². The summed E-state index contributed by atoms with van der Waals surface area (Å²) in [4.78, 5) is 0. The molecule has 1 aromatic rings. The van der Waals surface area contributed by atoms with Crippen molar-refractivity contribution in [2.75, 3.05) is 0 Å². The molecule has 1 rings (SSSR count). The minimum absolute atomic E-state index is 0.141. The van der Waals surface area contributed by atoms with Gasteiger partial charge in [0.1, 0.15) is 0 Å². The average molecular weight is 155 g/mol. The molecular formula is C8H13NO2. The van der Waals surface area contributed by atoms with Gasteiger partial charge in [-0.15, -0.1) is 0 Å². The van der Waals surface area contributed by atoms with Crippen LogP contribution in [0.4, 0.5) is 0 Å². The number of nitrogens with zero attached hydrogens (tertiary/aromatic N) is 1. The summed E-state index contributed by atoms with van der Waals surface area (Å²) in [6.07, 6.45) is 0.898. The van der Waals surface area contributed by atoms with Crippen LogP contribution < -0.4 is 0 Å². The minimum atomic E-state index is 0.141. The normalized spacial score (nSPS) is 10.4. The fourth-order valence-corrected chi connectivity index (χ4v) is 1.10. The van der Waals surface area contributed by atoms with Gasteiger partial charge in [0.15, 0.2) is 11.8 Å². The van der Waals surface area contributed by atoms with Crippen molar-refractivity contribution >= 4 is 0 Å². The smallest absolute Gasteiger partial charge is 0.196 e. The van der Waals surface area contributed by atoms with E-state index in [0.717, 1.165) is 12.0 Å². The lowest BCUT2D eigenvalue weighted by Crippen LogP contribution is -1.94. The number of aryl methyl sites for hydroxylation is 1. The molecule has 0 aliphatic heterocycles. The van der Waals surface area contributed by atoms with E-state index in [0.29, 0.717) is 6.54 Å². The summed E-state index contributed by atoms with van der Waals surface area (Å²) >= 11 is 0. The third kappa shape index (κ3) is 1.31. The van der Waals surface area contributed by atoms with Crippen molar-refractivity contribution in [3.63, 3.8) is 0 Å². The Morgan fingerprint density at radius 1 is 1.45 bits per heavy atom. The summed E-state index contributed by atoms with van der Waals surface area (Å²) in [5.41, 5.74) is 0.718. The van der Waals surface area contributed by atoms with E-state index in [-0.39, 0.29) is 11.8 Å². The van der Waals surface area contributed by atoms with Crippen molar-refractivity contribution in [2.45, 2.75) is 26.8 Å². The molecule has 3 heteroatoms. The summed E-state index contributed by atoms with van der Waals surface area (Å²) in [5.74, 6) is 0.311. The maximum Gasteiger partial charge on any atom is 0.196 e. The van der Waals surface area contributed by atoms with Gasteiger partial charge in [-0.05, 0) is 13.3 Å². The van der Waals surface area contributed by atoms with Gasteiger partial charge >= 0.3 is 0 Å². The molecule has 62 valence electrons. The van der Waals surface area contributed by atoms with E-state index in [1.165, 1.54) is 4.57 Å². The molecule has 1 heterocycles. The molecule has 0 saturated carbocycles. The molecule has 0 bridgehead atoms. The molecule has 3 nitrogen and oxygen atoms in total. The monoisotopic (exact) mass is 155 g/mol. The molecule has 1 aromatic heterocycles. The van der Waals surface area contributed by atoms with Crippen molar-refractivity contribution in [1.82, 2.24) is 4.57 Å². The van der Waals surface area contributed by atoms with E-state index in [1.54, 1.807) is 13.0 Å². The number of aromatic nitrogens is 1. The number of aromatic hydroxyl groups is 2. The number of hydrogen-bond acceptors (Lipinski definition) is 2. The lowest BCUT2D eigenvalue weighted by atomic mass is 10.4. The van der Waals surface area contributed by atoms with Gasteiger partial charge in [-0.1, -0.05) is 6.92 Å². The van der Waals surface area contributed by atoms with Crippen LogP contribution >= 0.6 is 0 Å². The highest BCUT2D eigenvalue weighted by Gasteiger charge is 2.08. The topological polar surface area (TPSA) is 45.4 Å². The first kappa shape index (κ1) is 7.98. The zero-order valence-corrected chi connectivity index (χ0v) is 6.83. The molecule has 0 spiro atoms. The second kappa shape index (κ2) is 2.86. The summed E-state index contributed by atoms with van der Waals surface area (Å²) in [6.45, 7) is 4.42. The van der Waals surface area contributed by atoms with Gasteiger partial charge in [-0.2, -0.15) is 0 Å². The van der Waals surface area contributed by atoms with Gasteiger partial charge in [0.25, 0.3) is 0 Å². The van der Waals surface area contributed by atoms with Crippen molar-refractivity contribution < 1.29 is 10.2 Å². The van der Waals surface area contributed by atoms with E-state index in [2.05, 4.69) is 0 Å². The van der Waals surface area contributed by atoms with Crippen LogP contribution in [0.5, 0.6) is 11.8 Å². The van der Waals surface area contributed by atoms with Crippen molar-refractivity contribution in [3.8, 4) is 11.8 Å². The molecule has 0 aliphatic carbocycles. The van der Waals surface area contributed by atoms with E-state index in [9.17, 15) is 10.2 Å². The number of hydrogen-bond donors (Lipinski definition) is 2. The highest BCUT2D eigenvalue weighted by molar-refractivity contribution is 5.33. The Hall–Kier alpha value is -1.12. The fraction of sp³-hybridized carbons (Fsp3) is 0.500. The molecule has 2 N–H and O–H groups in total. The van der Waals surface area contributed by atoms with Gasteiger partial charge in [-0.25, -0.2) is 0 Å². The third-order valence-electron chi connectivity index (χ3n) is 1.68. The SMILES string of the molecule is CCCn1c(O)cc(C)c1O. The van der Waals surface area contributed by atoms with Gasteiger partial charge in [0.05, 0.1) is 0 Å². The Morgan fingerprint density at radius 3 is 2.45 bits per heavy atom. The molecule has 0 amide bonds. The number of rotatable bonds is 2. The Morgan fingerprint density at radius 2 is 2.09 bits per heavy atom. The van der Waals surface area contributed by atoms with E-state index in [1.807, 2.05) is 6.92 Å². The summed E-state index contributed by atoms with van der Waals surface area (Å²) in [7, 11) is 0. The van der Waals surface area contributed by atoms with Crippen LogP contribution in [0, 0.1) is 6.92 Å². The minimum Gasteiger partial charge on any atom is -0.494 e. The molecule has 11 heavy (non-hydrogen) atoms. The van der Waals surface area contributed by atoms with E-state index >= 15 is 0 Å². The van der Waals surface area contributed by atoms with Crippen LogP contribution in [0.2, 0.25) is 0 Å². The summed E-state index contributed by atoms with van der Waals surface area (Å²) in [5, 5.41) is 18.6. The Labute approximate surface area is 65.9 Å². The van der Waals surface area contributed by atoms with Crippen molar-refractivity contribution in [3.05, 3.63) is 11.6 Å².